The lowest BCUT2D eigenvalue weighted by molar-refractivity contribution is 0.336. The number of hydrogen-bond acceptors (Lipinski definition) is 4. The van der Waals surface area contributed by atoms with E-state index < -0.39 is 10.0 Å². The fourth-order valence-corrected chi connectivity index (χ4v) is 3.22. The third kappa shape index (κ3) is 4.55. The molecule has 0 heterocycles. The van der Waals surface area contributed by atoms with Gasteiger partial charge < -0.3 is 4.74 Å². The summed E-state index contributed by atoms with van der Waals surface area (Å²) in [7, 11) is -3.63. The minimum Gasteiger partial charge on any atom is -0.494 e. The van der Waals surface area contributed by atoms with Crippen molar-refractivity contribution in [3.63, 3.8) is 0 Å². The maximum Gasteiger partial charge on any atom is 0.240 e. The summed E-state index contributed by atoms with van der Waals surface area (Å²) < 4.78 is 32.6. The van der Waals surface area contributed by atoms with Crippen LogP contribution in [0.5, 0.6) is 5.75 Å². The van der Waals surface area contributed by atoms with E-state index in [9.17, 15) is 8.42 Å². The number of hydrogen-bond donors (Lipinski definition) is 1. The smallest absolute Gasteiger partial charge is 0.240 e. The number of ether oxygens (including phenoxy) is 1. The van der Waals surface area contributed by atoms with Crippen LogP contribution in [-0.2, 0) is 16.4 Å². The monoisotopic (exact) mass is 330 g/mol. The van der Waals surface area contributed by atoms with Gasteiger partial charge in [-0.15, -0.1) is 0 Å². The lowest BCUT2D eigenvalue weighted by Crippen LogP contribution is -2.26. The van der Waals surface area contributed by atoms with Crippen LogP contribution < -0.4 is 9.46 Å². The summed E-state index contributed by atoms with van der Waals surface area (Å²) in [5.41, 5.74) is 1.26. The van der Waals surface area contributed by atoms with E-state index in [-0.39, 0.29) is 11.4 Å². The van der Waals surface area contributed by atoms with Crippen LogP contribution in [0.3, 0.4) is 0 Å². The van der Waals surface area contributed by atoms with Crippen LogP contribution in [0.15, 0.2) is 53.4 Å². The van der Waals surface area contributed by atoms with E-state index in [0.717, 1.165) is 11.3 Å². The van der Waals surface area contributed by atoms with E-state index in [2.05, 4.69) is 4.72 Å². The number of nitriles is 1. The second-order valence-corrected chi connectivity index (χ2v) is 6.60. The van der Waals surface area contributed by atoms with Crippen molar-refractivity contribution in [2.45, 2.75) is 18.2 Å². The summed E-state index contributed by atoms with van der Waals surface area (Å²) in [5, 5.41) is 8.85. The molecule has 5 nitrogen and oxygen atoms in total. The number of benzene rings is 2. The summed E-state index contributed by atoms with van der Waals surface area (Å²) in [6, 6.07) is 15.4. The number of nitrogens with zero attached hydrogens (tertiary/aromatic N) is 1. The van der Waals surface area contributed by atoms with Crippen molar-refractivity contribution < 1.29 is 13.2 Å². The minimum absolute atomic E-state index is 0.0923. The van der Waals surface area contributed by atoms with E-state index in [0.29, 0.717) is 18.6 Å². The molecule has 23 heavy (non-hydrogen) atoms. The third-order valence-corrected chi connectivity index (χ3v) is 4.69. The molecule has 0 spiro atoms. The number of nitrogens with one attached hydrogen (secondary N) is 1. The molecule has 6 heteroatoms. The highest BCUT2D eigenvalue weighted by Crippen LogP contribution is 2.18. The molecule has 2 aromatic rings. The molecule has 0 aromatic heterocycles. The molecule has 0 atom stereocenters. The molecule has 0 saturated heterocycles. The van der Waals surface area contributed by atoms with Crippen LogP contribution in [0.1, 0.15) is 18.1 Å². The Morgan fingerprint density at radius 1 is 1.17 bits per heavy atom. The first-order valence-electron chi connectivity index (χ1n) is 7.27. The largest absolute Gasteiger partial charge is 0.494 e. The fraction of sp³-hybridized carbons (Fsp3) is 0.235. The molecule has 0 aliphatic heterocycles. The van der Waals surface area contributed by atoms with E-state index in [1.165, 1.54) is 12.1 Å². The fourth-order valence-electron chi connectivity index (χ4n) is 2.14. The first-order chi connectivity index (χ1) is 11.1. The highest BCUT2D eigenvalue weighted by atomic mass is 32.2. The second kappa shape index (κ2) is 7.77. The van der Waals surface area contributed by atoms with E-state index >= 15 is 0 Å². The van der Waals surface area contributed by atoms with Crippen molar-refractivity contribution >= 4 is 10.0 Å². The van der Waals surface area contributed by atoms with Crippen molar-refractivity contribution in [2.24, 2.45) is 0 Å². The van der Waals surface area contributed by atoms with Crippen molar-refractivity contribution in [3.05, 3.63) is 59.7 Å². The van der Waals surface area contributed by atoms with Gasteiger partial charge in [0.1, 0.15) is 5.75 Å². The normalized spacial score (nSPS) is 11.0. The van der Waals surface area contributed by atoms with Gasteiger partial charge in [0.15, 0.2) is 0 Å². The number of rotatable bonds is 7. The molecule has 0 radical (unpaired) electrons. The predicted molar refractivity (Wildman–Crippen MR) is 87.7 cm³/mol. The third-order valence-electron chi connectivity index (χ3n) is 3.23. The Hall–Kier alpha value is -2.36. The van der Waals surface area contributed by atoms with Crippen molar-refractivity contribution in [1.82, 2.24) is 4.72 Å². The van der Waals surface area contributed by atoms with E-state index in [1.807, 2.05) is 37.3 Å². The van der Waals surface area contributed by atoms with Crippen LogP contribution in [-0.4, -0.2) is 21.6 Å². The maximum absolute atomic E-state index is 12.2. The average molecular weight is 330 g/mol. The van der Waals surface area contributed by atoms with Gasteiger partial charge in [-0.05, 0) is 43.2 Å². The average Bonchev–Trinajstić information content (AvgIpc) is 2.56. The Morgan fingerprint density at radius 3 is 2.70 bits per heavy atom. The molecule has 0 amide bonds. The molecule has 0 aliphatic rings. The molecular formula is C17H18N2O3S. The quantitative estimate of drug-likeness (QED) is 0.846. The van der Waals surface area contributed by atoms with Crippen molar-refractivity contribution in [1.29, 1.82) is 5.26 Å². The summed E-state index contributed by atoms with van der Waals surface area (Å²) in [5.74, 6) is 0.765. The molecule has 120 valence electrons. The highest BCUT2D eigenvalue weighted by molar-refractivity contribution is 7.89. The zero-order valence-corrected chi connectivity index (χ0v) is 13.6. The molecule has 0 bridgehead atoms. The second-order valence-electron chi connectivity index (χ2n) is 4.83. The molecular weight excluding hydrogens is 312 g/mol. The van der Waals surface area contributed by atoms with Crippen LogP contribution >= 0.6 is 0 Å². The Bertz CT molecular complexity index is 811. The van der Waals surface area contributed by atoms with Crippen molar-refractivity contribution in [3.8, 4) is 11.8 Å². The number of para-hydroxylation sites is 1. The summed E-state index contributed by atoms with van der Waals surface area (Å²) in [6.45, 7) is 2.72. The molecule has 2 aromatic carbocycles. The van der Waals surface area contributed by atoms with Gasteiger partial charge >= 0.3 is 0 Å². The van der Waals surface area contributed by atoms with Gasteiger partial charge in [0, 0.05) is 6.54 Å². The first kappa shape index (κ1) is 17.0. The molecule has 0 unspecified atom stereocenters. The van der Waals surface area contributed by atoms with Crippen LogP contribution in [0, 0.1) is 11.3 Å². The highest BCUT2D eigenvalue weighted by Gasteiger charge is 2.14. The molecule has 2 rings (SSSR count). The van der Waals surface area contributed by atoms with Crippen molar-refractivity contribution in [2.75, 3.05) is 13.2 Å². The van der Waals surface area contributed by atoms with Gasteiger partial charge in [0.25, 0.3) is 0 Å². The van der Waals surface area contributed by atoms with Gasteiger partial charge in [-0.3, -0.25) is 0 Å². The van der Waals surface area contributed by atoms with Crippen LogP contribution in [0.25, 0.3) is 0 Å². The summed E-state index contributed by atoms with van der Waals surface area (Å²) >= 11 is 0. The molecule has 0 saturated carbocycles. The molecule has 1 N–H and O–H groups in total. The predicted octanol–water partition coefficient (Wildman–Crippen LogP) is 2.48. The van der Waals surface area contributed by atoms with Gasteiger partial charge in [-0.25, -0.2) is 13.1 Å². The lowest BCUT2D eigenvalue weighted by atomic mass is 10.1. The summed E-state index contributed by atoms with van der Waals surface area (Å²) in [6.07, 6.45) is 0.521. The van der Waals surface area contributed by atoms with Crippen LogP contribution in [0.4, 0.5) is 0 Å². The van der Waals surface area contributed by atoms with Gasteiger partial charge in [-0.2, -0.15) is 5.26 Å². The zero-order valence-electron chi connectivity index (χ0n) is 12.8. The van der Waals surface area contributed by atoms with E-state index in [1.54, 1.807) is 12.1 Å². The van der Waals surface area contributed by atoms with E-state index in [4.69, 9.17) is 10.00 Å². The SMILES string of the molecule is CCOc1ccccc1CCNS(=O)(=O)c1cccc(C#N)c1. The minimum atomic E-state index is -3.63. The maximum atomic E-state index is 12.2. The standard InChI is InChI=1S/C17H18N2O3S/c1-2-22-17-9-4-3-7-15(17)10-11-19-23(20,21)16-8-5-6-14(12-16)13-18/h3-9,12,19H,2,10-11H2,1H3. The number of sulfonamides is 1. The topological polar surface area (TPSA) is 79.2 Å². The zero-order chi connectivity index (χ0) is 16.7. The molecule has 0 aliphatic carbocycles. The Kier molecular flexibility index (Phi) is 5.74. The van der Waals surface area contributed by atoms with Crippen LogP contribution in [0.2, 0.25) is 0 Å². The summed E-state index contributed by atoms with van der Waals surface area (Å²) in [4.78, 5) is 0.0923. The molecule has 0 fully saturated rings. The first-order valence-corrected chi connectivity index (χ1v) is 8.75. The lowest BCUT2D eigenvalue weighted by Gasteiger charge is -2.11. The van der Waals surface area contributed by atoms with Gasteiger partial charge in [0.05, 0.1) is 23.1 Å². The Balaban J connectivity index is 2.04. The Morgan fingerprint density at radius 2 is 1.96 bits per heavy atom. The Labute approximate surface area is 136 Å². The van der Waals surface area contributed by atoms with Gasteiger partial charge in [-0.1, -0.05) is 24.3 Å². The van der Waals surface area contributed by atoms with Gasteiger partial charge in [0.2, 0.25) is 10.0 Å².